The minimum atomic E-state index is 0.681. The molecule has 0 saturated carbocycles. The van der Waals surface area contributed by atoms with Crippen LogP contribution in [0.2, 0.25) is 0 Å². The van der Waals surface area contributed by atoms with E-state index in [-0.39, 0.29) is 0 Å². The smallest absolute Gasteiger partial charge is 0.0543 e. The summed E-state index contributed by atoms with van der Waals surface area (Å²) in [5.74, 6) is 1.47. The number of rotatable bonds is 3. The quantitative estimate of drug-likeness (QED) is 0.711. The van der Waals surface area contributed by atoms with Crippen molar-refractivity contribution in [2.75, 3.05) is 19.0 Å². The number of likely N-dealkylation sites (tertiary alicyclic amines) is 1. The predicted molar refractivity (Wildman–Crippen MR) is 58.3 cm³/mol. The molecule has 1 saturated heterocycles. The van der Waals surface area contributed by atoms with E-state index in [9.17, 15) is 0 Å². The van der Waals surface area contributed by atoms with Crippen molar-refractivity contribution < 1.29 is 0 Å². The Labute approximate surface area is 89.9 Å². The van der Waals surface area contributed by atoms with Crippen molar-refractivity contribution in [1.29, 1.82) is 0 Å². The average molecular weight is 211 g/mol. The third-order valence-electron chi connectivity index (χ3n) is 2.70. The summed E-state index contributed by atoms with van der Waals surface area (Å²) in [7, 11) is 0. The third-order valence-corrected chi connectivity index (χ3v) is 3.14. The van der Waals surface area contributed by atoms with Crippen LogP contribution >= 0.6 is 11.6 Å². The number of halogens is 1. The molecule has 1 atom stereocenters. The summed E-state index contributed by atoms with van der Waals surface area (Å²) in [5, 5.41) is 0. The lowest BCUT2D eigenvalue weighted by atomic mass is 10.2. The molecule has 14 heavy (non-hydrogen) atoms. The van der Waals surface area contributed by atoms with E-state index >= 15 is 0 Å². The van der Waals surface area contributed by atoms with Crippen molar-refractivity contribution in [3.63, 3.8) is 0 Å². The van der Waals surface area contributed by atoms with Crippen LogP contribution in [0.5, 0.6) is 0 Å². The van der Waals surface area contributed by atoms with Crippen LogP contribution in [0.15, 0.2) is 24.4 Å². The van der Waals surface area contributed by atoms with Gasteiger partial charge in [-0.05, 0) is 31.0 Å². The van der Waals surface area contributed by atoms with Gasteiger partial charge in [0.15, 0.2) is 0 Å². The molecule has 1 aromatic rings. The van der Waals surface area contributed by atoms with E-state index in [0.29, 0.717) is 5.92 Å². The third kappa shape index (κ3) is 2.46. The number of hydrogen-bond donors (Lipinski definition) is 0. The molecule has 1 aliphatic heterocycles. The molecule has 1 fully saturated rings. The molecular formula is C11H15ClN2. The largest absolute Gasteiger partial charge is 0.297 e. The van der Waals surface area contributed by atoms with Crippen LogP contribution in [0.25, 0.3) is 0 Å². The molecule has 0 amide bonds. The second-order valence-electron chi connectivity index (χ2n) is 3.87. The molecule has 1 aliphatic rings. The van der Waals surface area contributed by atoms with Gasteiger partial charge in [0.25, 0.3) is 0 Å². The van der Waals surface area contributed by atoms with Crippen molar-refractivity contribution in [2.45, 2.75) is 13.0 Å². The topological polar surface area (TPSA) is 16.1 Å². The van der Waals surface area contributed by atoms with Gasteiger partial charge in [-0.1, -0.05) is 6.07 Å². The Balaban J connectivity index is 1.88. The van der Waals surface area contributed by atoms with Crippen molar-refractivity contribution in [3.8, 4) is 0 Å². The van der Waals surface area contributed by atoms with Gasteiger partial charge in [-0.15, -0.1) is 11.6 Å². The fourth-order valence-electron chi connectivity index (χ4n) is 1.90. The van der Waals surface area contributed by atoms with Crippen LogP contribution in [-0.2, 0) is 6.54 Å². The van der Waals surface area contributed by atoms with Gasteiger partial charge in [0.1, 0.15) is 0 Å². The average Bonchev–Trinajstić information content (AvgIpc) is 2.67. The molecule has 0 aromatic carbocycles. The molecule has 0 radical (unpaired) electrons. The van der Waals surface area contributed by atoms with E-state index in [4.69, 9.17) is 11.6 Å². The maximum absolute atomic E-state index is 5.83. The van der Waals surface area contributed by atoms with Crippen LogP contribution in [0, 0.1) is 5.92 Å². The Hall–Kier alpha value is -0.600. The van der Waals surface area contributed by atoms with E-state index in [1.807, 2.05) is 18.3 Å². The van der Waals surface area contributed by atoms with Crippen molar-refractivity contribution in [2.24, 2.45) is 5.92 Å². The standard InChI is InChI=1S/C11H15ClN2/c12-7-10-4-6-14(8-10)9-11-3-1-2-5-13-11/h1-3,5,10H,4,6-9H2. The Morgan fingerprint density at radius 2 is 2.43 bits per heavy atom. The maximum atomic E-state index is 5.83. The van der Waals surface area contributed by atoms with Crippen LogP contribution in [0.4, 0.5) is 0 Å². The summed E-state index contributed by atoms with van der Waals surface area (Å²) < 4.78 is 0. The van der Waals surface area contributed by atoms with Crippen LogP contribution in [0.3, 0.4) is 0 Å². The van der Waals surface area contributed by atoms with E-state index in [1.54, 1.807) is 0 Å². The molecular weight excluding hydrogens is 196 g/mol. The van der Waals surface area contributed by atoms with Crippen molar-refractivity contribution >= 4 is 11.6 Å². The Kier molecular flexibility index (Phi) is 3.38. The number of hydrogen-bond acceptors (Lipinski definition) is 2. The minimum absolute atomic E-state index is 0.681. The zero-order valence-electron chi connectivity index (χ0n) is 8.19. The minimum Gasteiger partial charge on any atom is -0.297 e. The molecule has 1 unspecified atom stereocenters. The van der Waals surface area contributed by atoms with E-state index in [1.165, 1.54) is 6.42 Å². The summed E-state index contributed by atoms with van der Waals surface area (Å²) in [6.07, 6.45) is 3.08. The van der Waals surface area contributed by atoms with Gasteiger partial charge >= 0.3 is 0 Å². The molecule has 1 aromatic heterocycles. The Bertz CT molecular complexity index is 276. The van der Waals surface area contributed by atoms with Crippen molar-refractivity contribution in [3.05, 3.63) is 30.1 Å². The summed E-state index contributed by atoms with van der Waals surface area (Å²) in [5.41, 5.74) is 1.16. The molecule has 76 valence electrons. The second-order valence-corrected chi connectivity index (χ2v) is 4.17. The lowest BCUT2D eigenvalue weighted by Gasteiger charge is -2.14. The Morgan fingerprint density at radius 3 is 3.07 bits per heavy atom. The first-order chi connectivity index (χ1) is 6.88. The molecule has 2 heterocycles. The van der Waals surface area contributed by atoms with E-state index < -0.39 is 0 Å². The first-order valence-corrected chi connectivity index (χ1v) is 5.60. The molecule has 0 aliphatic carbocycles. The maximum Gasteiger partial charge on any atom is 0.0543 e. The van der Waals surface area contributed by atoms with Gasteiger partial charge in [-0.2, -0.15) is 0 Å². The molecule has 3 heteroatoms. The van der Waals surface area contributed by atoms with Gasteiger partial charge < -0.3 is 0 Å². The van der Waals surface area contributed by atoms with Gasteiger partial charge in [0.05, 0.1) is 5.69 Å². The molecule has 2 nitrogen and oxygen atoms in total. The lowest BCUT2D eigenvalue weighted by Crippen LogP contribution is -2.20. The summed E-state index contributed by atoms with van der Waals surface area (Å²) in [6.45, 7) is 3.25. The van der Waals surface area contributed by atoms with Gasteiger partial charge in [-0.25, -0.2) is 0 Å². The normalized spacial score (nSPS) is 22.8. The Morgan fingerprint density at radius 1 is 1.50 bits per heavy atom. The highest BCUT2D eigenvalue weighted by Gasteiger charge is 2.21. The summed E-state index contributed by atoms with van der Waals surface area (Å²) in [4.78, 5) is 6.74. The zero-order chi connectivity index (χ0) is 9.80. The number of aromatic nitrogens is 1. The molecule has 0 spiro atoms. The predicted octanol–water partition coefficient (Wildman–Crippen LogP) is 2.14. The second kappa shape index (κ2) is 4.76. The number of alkyl halides is 1. The van der Waals surface area contributed by atoms with Crippen LogP contribution in [-0.4, -0.2) is 28.9 Å². The van der Waals surface area contributed by atoms with Crippen LogP contribution in [0.1, 0.15) is 12.1 Å². The molecule has 2 rings (SSSR count). The number of nitrogens with zero attached hydrogens (tertiary/aromatic N) is 2. The highest BCUT2D eigenvalue weighted by Crippen LogP contribution is 2.18. The summed E-state index contributed by atoms with van der Waals surface area (Å²) >= 11 is 5.83. The van der Waals surface area contributed by atoms with Gasteiger partial charge in [0, 0.05) is 25.2 Å². The fraction of sp³-hybridized carbons (Fsp3) is 0.545. The lowest BCUT2D eigenvalue weighted by molar-refractivity contribution is 0.317. The molecule has 0 bridgehead atoms. The first-order valence-electron chi connectivity index (χ1n) is 5.06. The van der Waals surface area contributed by atoms with E-state index in [2.05, 4.69) is 16.0 Å². The van der Waals surface area contributed by atoms with Gasteiger partial charge in [-0.3, -0.25) is 9.88 Å². The molecule has 0 N–H and O–H groups in total. The van der Waals surface area contributed by atoms with E-state index in [0.717, 1.165) is 31.2 Å². The zero-order valence-corrected chi connectivity index (χ0v) is 8.95. The fourth-order valence-corrected chi connectivity index (χ4v) is 2.16. The highest BCUT2D eigenvalue weighted by atomic mass is 35.5. The van der Waals surface area contributed by atoms with Crippen molar-refractivity contribution in [1.82, 2.24) is 9.88 Å². The SMILES string of the molecule is ClCC1CCN(Cc2ccccn2)C1. The van der Waals surface area contributed by atoms with Gasteiger partial charge in [0.2, 0.25) is 0 Å². The monoisotopic (exact) mass is 210 g/mol. The first kappa shape index (κ1) is 9.94. The highest BCUT2D eigenvalue weighted by molar-refractivity contribution is 6.18. The summed E-state index contributed by atoms with van der Waals surface area (Å²) in [6, 6.07) is 6.07. The van der Waals surface area contributed by atoms with Crippen LogP contribution < -0.4 is 0 Å². The number of pyridine rings is 1.